The minimum Gasteiger partial charge on any atom is -0.480 e. The second-order valence-corrected chi connectivity index (χ2v) is 6.98. The van der Waals surface area contributed by atoms with E-state index < -0.39 is 5.97 Å². The molecule has 10 nitrogen and oxygen atoms in total. The van der Waals surface area contributed by atoms with Gasteiger partial charge in [0.05, 0.1) is 6.54 Å². The van der Waals surface area contributed by atoms with Crippen molar-refractivity contribution < 1.29 is 19.2 Å². The number of hydrogen-bond donors (Lipinski definition) is 2. The van der Waals surface area contributed by atoms with Crippen LogP contribution < -0.4 is 5.32 Å². The number of imidazole rings is 1. The molecule has 0 saturated heterocycles. The Bertz CT molecular complexity index is 815. The summed E-state index contributed by atoms with van der Waals surface area (Å²) in [5.74, 6) is 1.47. The standard InChI is InChI=1S/C17H22N6O4/c24-15(25)10-22-6-4-14-19-12(9-23(14)8-7-22)16(26)18-5-3-13-20-17(27-21-13)11-1-2-11/h9,11H,1-8,10H2,(H,18,26)(H,24,25). The molecule has 27 heavy (non-hydrogen) atoms. The molecule has 1 aliphatic heterocycles. The van der Waals surface area contributed by atoms with Gasteiger partial charge in [0.15, 0.2) is 5.82 Å². The molecule has 2 N–H and O–H groups in total. The van der Waals surface area contributed by atoms with Crippen molar-refractivity contribution in [1.82, 2.24) is 29.9 Å². The van der Waals surface area contributed by atoms with Crippen molar-refractivity contribution in [3.8, 4) is 0 Å². The van der Waals surface area contributed by atoms with Gasteiger partial charge in [0.1, 0.15) is 11.5 Å². The van der Waals surface area contributed by atoms with Gasteiger partial charge in [-0.25, -0.2) is 4.98 Å². The maximum atomic E-state index is 12.3. The highest BCUT2D eigenvalue weighted by Crippen LogP contribution is 2.38. The fourth-order valence-electron chi connectivity index (χ4n) is 3.17. The lowest BCUT2D eigenvalue weighted by molar-refractivity contribution is -0.138. The van der Waals surface area contributed by atoms with Crippen molar-refractivity contribution in [1.29, 1.82) is 0 Å². The van der Waals surface area contributed by atoms with Gasteiger partial charge in [-0.1, -0.05) is 5.16 Å². The minimum absolute atomic E-state index is 0.0245. The Morgan fingerprint density at radius 1 is 1.26 bits per heavy atom. The third kappa shape index (κ3) is 4.33. The van der Waals surface area contributed by atoms with E-state index in [1.165, 1.54) is 0 Å². The van der Waals surface area contributed by atoms with Gasteiger partial charge >= 0.3 is 5.97 Å². The summed E-state index contributed by atoms with van der Waals surface area (Å²) >= 11 is 0. The van der Waals surface area contributed by atoms with Crippen LogP contribution in [0.4, 0.5) is 0 Å². The molecule has 2 aromatic rings. The van der Waals surface area contributed by atoms with E-state index in [4.69, 9.17) is 9.63 Å². The number of nitrogens with one attached hydrogen (secondary N) is 1. The molecular weight excluding hydrogens is 352 g/mol. The van der Waals surface area contributed by atoms with Gasteiger partial charge in [-0.15, -0.1) is 0 Å². The molecule has 1 saturated carbocycles. The van der Waals surface area contributed by atoms with E-state index in [9.17, 15) is 9.59 Å². The van der Waals surface area contributed by atoms with E-state index in [0.29, 0.717) is 62.3 Å². The highest BCUT2D eigenvalue weighted by atomic mass is 16.5. The molecule has 3 heterocycles. The number of aliphatic carboxylic acids is 1. The zero-order valence-electron chi connectivity index (χ0n) is 14.9. The smallest absolute Gasteiger partial charge is 0.317 e. The van der Waals surface area contributed by atoms with Crippen molar-refractivity contribution in [2.24, 2.45) is 0 Å². The van der Waals surface area contributed by atoms with E-state index in [1.807, 2.05) is 9.47 Å². The number of fused-ring (bicyclic) bond motifs is 1. The van der Waals surface area contributed by atoms with Crippen LogP contribution in [-0.2, 0) is 24.2 Å². The number of carbonyl (C=O) groups excluding carboxylic acids is 1. The number of hydrogen-bond acceptors (Lipinski definition) is 7. The summed E-state index contributed by atoms with van der Waals surface area (Å²) < 4.78 is 7.13. The molecule has 0 spiro atoms. The molecule has 0 unspecified atom stereocenters. The summed E-state index contributed by atoms with van der Waals surface area (Å²) in [4.78, 5) is 33.8. The van der Waals surface area contributed by atoms with Crippen molar-refractivity contribution in [2.75, 3.05) is 26.2 Å². The molecule has 1 aliphatic carbocycles. The number of carboxylic acids is 1. The van der Waals surface area contributed by atoms with Crippen LogP contribution in [0.2, 0.25) is 0 Å². The molecule has 1 fully saturated rings. The number of carboxylic acid groups (broad SMARTS) is 1. The average Bonchev–Trinajstić information content (AvgIpc) is 3.29. The second kappa shape index (κ2) is 7.47. The number of carbonyl (C=O) groups is 2. The Balaban J connectivity index is 1.28. The first-order valence-electron chi connectivity index (χ1n) is 9.19. The quantitative estimate of drug-likeness (QED) is 0.697. The number of nitrogens with zero attached hydrogens (tertiary/aromatic N) is 5. The van der Waals surface area contributed by atoms with Crippen LogP contribution in [0.3, 0.4) is 0 Å². The minimum atomic E-state index is -0.833. The van der Waals surface area contributed by atoms with E-state index in [2.05, 4.69) is 20.4 Å². The lowest BCUT2D eigenvalue weighted by Gasteiger charge is -2.16. The van der Waals surface area contributed by atoms with Crippen molar-refractivity contribution in [3.63, 3.8) is 0 Å². The Kier molecular flexibility index (Phi) is 4.88. The summed E-state index contributed by atoms with van der Waals surface area (Å²) in [6.45, 7) is 2.30. The van der Waals surface area contributed by atoms with Crippen LogP contribution in [0, 0.1) is 0 Å². The first kappa shape index (κ1) is 17.7. The van der Waals surface area contributed by atoms with Gasteiger partial charge in [-0.05, 0) is 12.8 Å². The van der Waals surface area contributed by atoms with E-state index in [1.54, 1.807) is 6.20 Å². The Hall–Kier alpha value is -2.75. The highest BCUT2D eigenvalue weighted by molar-refractivity contribution is 5.92. The van der Waals surface area contributed by atoms with E-state index in [-0.39, 0.29) is 12.5 Å². The third-order valence-corrected chi connectivity index (χ3v) is 4.80. The molecule has 2 aromatic heterocycles. The SMILES string of the molecule is O=C(O)CN1CCc2nc(C(=O)NCCc3noc(C4CC4)n3)cn2CC1. The van der Waals surface area contributed by atoms with Crippen LogP contribution in [0.15, 0.2) is 10.7 Å². The zero-order chi connectivity index (χ0) is 18.8. The molecule has 0 atom stereocenters. The molecule has 4 rings (SSSR count). The normalized spacial score (nSPS) is 17.3. The van der Waals surface area contributed by atoms with Gasteiger partial charge in [-0.2, -0.15) is 4.98 Å². The van der Waals surface area contributed by atoms with Gasteiger partial charge in [0.25, 0.3) is 5.91 Å². The fourth-order valence-corrected chi connectivity index (χ4v) is 3.17. The Labute approximate surface area is 155 Å². The second-order valence-electron chi connectivity index (χ2n) is 6.98. The first-order chi connectivity index (χ1) is 13.1. The zero-order valence-corrected chi connectivity index (χ0v) is 14.9. The molecular formula is C17H22N6O4. The monoisotopic (exact) mass is 374 g/mol. The molecule has 0 aromatic carbocycles. The number of rotatable bonds is 7. The molecule has 1 amide bonds. The predicted molar refractivity (Wildman–Crippen MR) is 92.3 cm³/mol. The number of aromatic nitrogens is 4. The summed E-state index contributed by atoms with van der Waals surface area (Å²) in [5.41, 5.74) is 0.378. The lowest BCUT2D eigenvalue weighted by atomic mass is 10.3. The topological polar surface area (TPSA) is 126 Å². The fraction of sp³-hybridized carbons (Fsp3) is 0.588. The van der Waals surface area contributed by atoms with Crippen LogP contribution >= 0.6 is 0 Å². The Morgan fingerprint density at radius 3 is 2.89 bits per heavy atom. The van der Waals surface area contributed by atoms with Crippen molar-refractivity contribution in [2.45, 2.75) is 38.1 Å². The number of amides is 1. The maximum Gasteiger partial charge on any atom is 0.317 e. The van der Waals surface area contributed by atoms with Crippen LogP contribution in [0.5, 0.6) is 0 Å². The lowest BCUT2D eigenvalue weighted by Crippen LogP contribution is -2.32. The van der Waals surface area contributed by atoms with Gasteiger partial charge in [0.2, 0.25) is 5.89 Å². The molecule has 0 radical (unpaired) electrons. The summed E-state index contributed by atoms with van der Waals surface area (Å²) in [6.07, 6.45) is 5.08. The average molecular weight is 374 g/mol. The van der Waals surface area contributed by atoms with E-state index in [0.717, 1.165) is 18.7 Å². The highest BCUT2D eigenvalue weighted by Gasteiger charge is 2.29. The molecule has 0 bridgehead atoms. The van der Waals surface area contributed by atoms with Crippen LogP contribution in [-0.4, -0.2) is 67.8 Å². The third-order valence-electron chi connectivity index (χ3n) is 4.80. The maximum absolute atomic E-state index is 12.3. The summed E-state index contributed by atoms with van der Waals surface area (Å²) in [7, 11) is 0. The molecule has 10 heteroatoms. The largest absolute Gasteiger partial charge is 0.480 e. The molecule has 2 aliphatic rings. The predicted octanol–water partition coefficient (Wildman–Crippen LogP) is 0.0587. The van der Waals surface area contributed by atoms with Crippen molar-refractivity contribution in [3.05, 3.63) is 29.4 Å². The van der Waals surface area contributed by atoms with Crippen LogP contribution in [0.25, 0.3) is 0 Å². The van der Waals surface area contributed by atoms with Crippen molar-refractivity contribution >= 4 is 11.9 Å². The molecule has 144 valence electrons. The summed E-state index contributed by atoms with van der Waals surface area (Å²) in [6, 6.07) is 0. The van der Waals surface area contributed by atoms with Crippen LogP contribution in [0.1, 0.15) is 46.8 Å². The van der Waals surface area contributed by atoms with E-state index >= 15 is 0 Å². The van der Waals surface area contributed by atoms with Gasteiger partial charge < -0.3 is 19.5 Å². The summed E-state index contributed by atoms with van der Waals surface area (Å²) in [5, 5.41) is 15.7. The Morgan fingerprint density at radius 2 is 2.11 bits per heavy atom. The first-order valence-corrected chi connectivity index (χ1v) is 9.19. The van der Waals surface area contributed by atoms with Gasteiger partial charge in [0, 0.05) is 51.1 Å². The van der Waals surface area contributed by atoms with Gasteiger partial charge in [-0.3, -0.25) is 14.5 Å².